The van der Waals surface area contributed by atoms with Gasteiger partial charge in [0.15, 0.2) is 0 Å². The van der Waals surface area contributed by atoms with Crippen LogP contribution in [0.4, 0.5) is 0 Å². The van der Waals surface area contributed by atoms with Gasteiger partial charge < -0.3 is 20.9 Å². The molecule has 0 spiro atoms. The van der Waals surface area contributed by atoms with Gasteiger partial charge in [-0.2, -0.15) is 0 Å². The van der Waals surface area contributed by atoms with E-state index in [1.807, 2.05) is 66.7 Å². The van der Waals surface area contributed by atoms with Crippen molar-refractivity contribution in [3.63, 3.8) is 0 Å². The summed E-state index contributed by atoms with van der Waals surface area (Å²) in [5.41, 5.74) is 8.78. The number of nitrogens with two attached hydrogens (primary N) is 1. The molecule has 176 valence electrons. The Balaban J connectivity index is 0.00000385. The van der Waals surface area contributed by atoms with E-state index in [1.54, 1.807) is 12.1 Å². The maximum Gasteiger partial charge on any atom is 0.248 e. The lowest BCUT2D eigenvalue weighted by Crippen LogP contribution is -2.42. The number of aliphatic hydroxyl groups is 1. The number of aryl methyl sites for hydroxylation is 1. The summed E-state index contributed by atoms with van der Waals surface area (Å²) in [6, 6.07) is 25.0. The fraction of sp³-hybridized carbons (Fsp3) is 0.296. The van der Waals surface area contributed by atoms with E-state index < -0.39 is 12.0 Å². The molecule has 0 aliphatic carbocycles. The summed E-state index contributed by atoms with van der Waals surface area (Å²) in [6.45, 7) is 5.22. The molecule has 1 unspecified atom stereocenters. The van der Waals surface area contributed by atoms with Gasteiger partial charge in [-0.3, -0.25) is 4.79 Å². The quantitative estimate of drug-likeness (QED) is 0.376. The summed E-state index contributed by atoms with van der Waals surface area (Å²) in [5, 5.41) is 14.1. The predicted octanol–water partition coefficient (Wildman–Crippen LogP) is 4.82. The molecule has 4 N–H and O–H groups in total. The highest BCUT2D eigenvalue weighted by Gasteiger charge is 2.19. The maximum absolute atomic E-state index is 11.2. The molecule has 0 fully saturated rings. The normalized spacial score (nSPS) is 12.0. The van der Waals surface area contributed by atoms with Crippen LogP contribution in [0, 0.1) is 0 Å². The minimum absolute atomic E-state index is 0. The highest BCUT2D eigenvalue weighted by Crippen LogP contribution is 2.20. The fourth-order valence-electron chi connectivity index (χ4n) is 3.40. The number of carbonyl (C=O) groups is 1. The second-order valence-electron chi connectivity index (χ2n) is 8.69. The molecule has 0 aliphatic heterocycles. The first-order chi connectivity index (χ1) is 15.3. The van der Waals surface area contributed by atoms with E-state index in [0.717, 1.165) is 35.3 Å². The summed E-state index contributed by atoms with van der Waals surface area (Å²) >= 11 is 0. The van der Waals surface area contributed by atoms with Crippen LogP contribution in [-0.4, -0.2) is 23.1 Å². The van der Waals surface area contributed by atoms with Gasteiger partial charge in [-0.25, -0.2) is 0 Å². The van der Waals surface area contributed by atoms with Gasteiger partial charge in [0.05, 0.1) is 6.10 Å². The van der Waals surface area contributed by atoms with Crippen molar-refractivity contribution in [1.29, 1.82) is 0 Å². The third-order valence-corrected chi connectivity index (χ3v) is 5.56. The van der Waals surface area contributed by atoms with Crippen molar-refractivity contribution in [1.82, 2.24) is 5.32 Å². The number of aliphatic hydroxyl groups excluding tert-OH is 1. The molecule has 6 heteroatoms. The van der Waals surface area contributed by atoms with Gasteiger partial charge in [-0.15, -0.1) is 12.4 Å². The third-order valence-electron chi connectivity index (χ3n) is 5.56. The lowest BCUT2D eigenvalue weighted by molar-refractivity contribution is 0.1000. The second kappa shape index (κ2) is 12.4. The standard InChI is InChI=1S/C27H32N2O3.ClH/c1-27(2,17-16-20-8-10-23(11-9-20)26(28)31)29-18-25(30)22-12-14-24(15-13-22)32-19-21-6-4-3-5-7-21;/h3-15,25,29-30H,16-19H2,1-2H3,(H2,28,31);1H. The number of β-amino-alcohol motifs (C(OH)–C–C–N with tert-alkyl or cyclic N) is 1. The summed E-state index contributed by atoms with van der Waals surface area (Å²) in [5.74, 6) is 0.365. The number of nitrogens with one attached hydrogen (secondary N) is 1. The van der Waals surface area contributed by atoms with Crippen molar-refractivity contribution in [2.45, 2.75) is 44.9 Å². The molecular weight excluding hydrogens is 436 g/mol. The van der Waals surface area contributed by atoms with E-state index in [-0.39, 0.29) is 17.9 Å². The van der Waals surface area contributed by atoms with Crippen LogP contribution < -0.4 is 15.8 Å². The topological polar surface area (TPSA) is 84.6 Å². The lowest BCUT2D eigenvalue weighted by Gasteiger charge is -2.28. The first-order valence-corrected chi connectivity index (χ1v) is 10.9. The SMILES string of the molecule is CC(C)(CCc1ccc(C(N)=O)cc1)NCC(O)c1ccc(OCc2ccccc2)cc1.Cl. The van der Waals surface area contributed by atoms with Gasteiger partial charge >= 0.3 is 0 Å². The fourth-order valence-corrected chi connectivity index (χ4v) is 3.40. The average Bonchev–Trinajstić information content (AvgIpc) is 2.81. The molecule has 0 radical (unpaired) electrons. The van der Waals surface area contributed by atoms with E-state index in [4.69, 9.17) is 10.5 Å². The number of benzene rings is 3. The largest absolute Gasteiger partial charge is 0.489 e. The molecule has 3 aromatic carbocycles. The van der Waals surface area contributed by atoms with Crippen LogP contribution >= 0.6 is 12.4 Å². The van der Waals surface area contributed by atoms with Crippen LogP contribution in [0.5, 0.6) is 5.75 Å². The van der Waals surface area contributed by atoms with Gasteiger partial charge in [0.1, 0.15) is 12.4 Å². The third kappa shape index (κ3) is 8.54. The van der Waals surface area contributed by atoms with E-state index in [0.29, 0.717) is 18.7 Å². The molecule has 0 saturated carbocycles. The van der Waals surface area contributed by atoms with Gasteiger partial charge in [-0.05, 0) is 67.6 Å². The Morgan fingerprint density at radius 1 is 0.970 bits per heavy atom. The van der Waals surface area contributed by atoms with Crippen LogP contribution in [0.25, 0.3) is 0 Å². The zero-order chi connectivity index (χ0) is 23.0. The Hall–Kier alpha value is -2.86. The summed E-state index contributed by atoms with van der Waals surface area (Å²) < 4.78 is 5.81. The van der Waals surface area contributed by atoms with Crippen molar-refractivity contribution in [2.24, 2.45) is 5.73 Å². The molecule has 0 heterocycles. The molecule has 0 aliphatic rings. The molecule has 3 rings (SSSR count). The summed E-state index contributed by atoms with van der Waals surface area (Å²) in [6.07, 6.45) is 1.15. The number of hydrogen-bond acceptors (Lipinski definition) is 4. The number of halogens is 1. The van der Waals surface area contributed by atoms with E-state index in [1.165, 1.54) is 0 Å². The second-order valence-corrected chi connectivity index (χ2v) is 8.69. The molecule has 1 atom stereocenters. The minimum atomic E-state index is -0.604. The lowest BCUT2D eigenvalue weighted by atomic mass is 9.94. The van der Waals surface area contributed by atoms with Crippen molar-refractivity contribution in [3.05, 3.63) is 101 Å². The average molecular weight is 469 g/mol. The molecule has 0 bridgehead atoms. The zero-order valence-corrected chi connectivity index (χ0v) is 20.0. The number of amides is 1. The van der Waals surface area contributed by atoms with Crippen molar-refractivity contribution >= 4 is 18.3 Å². The van der Waals surface area contributed by atoms with E-state index in [9.17, 15) is 9.90 Å². The highest BCUT2D eigenvalue weighted by atomic mass is 35.5. The molecular formula is C27H33ClN2O3. The van der Waals surface area contributed by atoms with E-state index >= 15 is 0 Å². The Kier molecular flexibility index (Phi) is 9.92. The number of carbonyl (C=O) groups excluding carboxylic acids is 1. The molecule has 5 nitrogen and oxygen atoms in total. The molecule has 33 heavy (non-hydrogen) atoms. The van der Waals surface area contributed by atoms with Gasteiger partial charge in [-0.1, -0.05) is 54.6 Å². The van der Waals surface area contributed by atoms with E-state index in [2.05, 4.69) is 19.2 Å². The predicted molar refractivity (Wildman–Crippen MR) is 135 cm³/mol. The highest BCUT2D eigenvalue weighted by molar-refractivity contribution is 5.92. The van der Waals surface area contributed by atoms with Gasteiger partial charge in [0.2, 0.25) is 5.91 Å². The van der Waals surface area contributed by atoms with Crippen LogP contribution in [-0.2, 0) is 13.0 Å². The monoisotopic (exact) mass is 468 g/mol. The molecule has 0 saturated heterocycles. The Morgan fingerprint density at radius 3 is 2.21 bits per heavy atom. The minimum Gasteiger partial charge on any atom is -0.489 e. The smallest absolute Gasteiger partial charge is 0.248 e. The molecule has 1 amide bonds. The first-order valence-electron chi connectivity index (χ1n) is 10.9. The van der Waals surface area contributed by atoms with Crippen molar-refractivity contribution < 1.29 is 14.6 Å². The molecule has 0 aromatic heterocycles. The van der Waals surface area contributed by atoms with Crippen molar-refractivity contribution in [2.75, 3.05) is 6.54 Å². The summed E-state index contributed by atoms with van der Waals surface area (Å²) in [7, 11) is 0. The Bertz CT molecular complexity index is 990. The zero-order valence-electron chi connectivity index (χ0n) is 19.2. The molecule has 3 aromatic rings. The van der Waals surface area contributed by atoms with Crippen LogP contribution in [0.2, 0.25) is 0 Å². The first kappa shape index (κ1) is 26.4. The van der Waals surface area contributed by atoms with Crippen LogP contribution in [0.3, 0.4) is 0 Å². The number of ether oxygens (including phenoxy) is 1. The number of primary amides is 1. The Labute approximate surface area is 202 Å². The van der Waals surface area contributed by atoms with Gasteiger partial charge in [0, 0.05) is 17.6 Å². The Morgan fingerprint density at radius 2 is 1.61 bits per heavy atom. The maximum atomic E-state index is 11.2. The number of hydrogen-bond donors (Lipinski definition) is 3. The number of rotatable bonds is 11. The van der Waals surface area contributed by atoms with Crippen molar-refractivity contribution in [3.8, 4) is 5.75 Å². The van der Waals surface area contributed by atoms with Gasteiger partial charge in [0.25, 0.3) is 0 Å². The van der Waals surface area contributed by atoms with Crippen LogP contribution in [0.1, 0.15) is 53.4 Å². The van der Waals surface area contributed by atoms with Crippen LogP contribution in [0.15, 0.2) is 78.9 Å². The summed E-state index contributed by atoms with van der Waals surface area (Å²) in [4.78, 5) is 11.2.